The van der Waals surface area contributed by atoms with Gasteiger partial charge in [0.1, 0.15) is 5.01 Å². The van der Waals surface area contributed by atoms with E-state index in [9.17, 15) is 0 Å². The number of hydrogen-bond donors (Lipinski definition) is 1. The molecule has 0 atom stereocenters. The van der Waals surface area contributed by atoms with Crippen LogP contribution in [-0.4, -0.2) is 4.98 Å². The van der Waals surface area contributed by atoms with Crippen molar-refractivity contribution < 1.29 is 0 Å². The molecule has 0 fully saturated rings. The van der Waals surface area contributed by atoms with E-state index in [0.29, 0.717) is 0 Å². The van der Waals surface area contributed by atoms with Gasteiger partial charge in [-0.15, -0.1) is 11.3 Å². The molecule has 6 aromatic rings. The second-order valence-corrected chi connectivity index (χ2v) is 11.2. The summed E-state index contributed by atoms with van der Waals surface area (Å²) in [4.78, 5) is 4.80. The average Bonchev–Trinajstić information content (AvgIpc) is 3.47. The molecule has 178 valence electrons. The lowest BCUT2D eigenvalue weighted by atomic mass is 9.79. The summed E-state index contributed by atoms with van der Waals surface area (Å²) < 4.78 is 1.22. The quantitative estimate of drug-likeness (QED) is 0.264. The van der Waals surface area contributed by atoms with Gasteiger partial charge in [-0.1, -0.05) is 80.6 Å². The molecule has 0 saturated carbocycles. The van der Waals surface area contributed by atoms with Crippen molar-refractivity contribution >= 4 is 32.9 Å². The summed E-state index contributed by atoms with van der Waals surface area (Å²) in [5.74, 6) is 0. The van der Waals surface area contributed by atoms with E-state index in [1.54, 1.807) is 11.3 Å². The maximum atomic E-state index is 4.80. The van der Waals surface area contributed by atoms with Crippen LogP contribution in [0.4, 0.5) is 11.4 Å². The van der Waals surface area contributed by atoms with Crippen LogP contribution in [0.3, 0.4) is 0 Å². The first kappa shape index (κ1) is 22.0. The normalized spacial score (nSPS) is 13.4. The number of fused-ring (bicyclic) bond motifs is 4. The van der Waals surface area contributed by atoms with Gasteiger partial charge in [0, 0.05) is 22.4 Å². The molecule has 0 saturated heterocycles. The molecule has 0 unspecified atom stereocenters. The monoisotopic (exact) mass is 494 g/mol. The summed E-state index contributed by atoms with van der Waals surface area (Å²) in [5.41, 5.74) is 12.3. The third-order valence-corrected chi connectivity index (χ3v) is 8.56. The minimum Gasteiger partial charge on any atom is -0.356 e. The molecule has 1 aliphatic carbocycles. The molecular weight excluding hydrogens is 468 g/mol. The lowest BCUT2D eigenvalue weighted by molar-refractivity contribution is 0.662. The van der Waals surface area contributed by atoms with Gasteiger partial charge < -0.3 is 5.32 Å². The number of nitrogens with zero attached hydrogens (tertiary/aromatic N) is 1. The molecule has 1 aliphatic rings. The number of benzene rings is 5. The van der Waals surface area contributed by atoms with Crippen molar-refractivity contribution in [2.45, 2.75) is 19.3 Å². The molecule has 37 heavy (non-hydrogen) atoms. The molecule has 2 nitrogen and oxygen atoms in total. The Balaban J connectivity index is 1.20. The van der Waals surface area contributed by atoms with Crippen molar-refractivity contribution in [3.05, 3.63) is 126 Å². The van der Waals surface area contributed by atoms with Gasteiger partial charge in [0.15, 0.2) is 0 Å². The lowest BCUT2D eigenvalue weighted by Crippen LogP contribution is -2.16. The first-order chi connectivity index (χ1) is 18.1. The van der Waals surface area contributed by atoms with Gasteiger partial charge in [0.2, 0.25) is 0 Å². The SMILES string of the molecule is CC1(C)c2cc(Nc3ccc(-c4nc5ccccc5s4)cc3)ccc2-c2cccc(-c3ccccc3)c21. The summed E-state index contributed by atoms with van der Waals surface area (Å²) >= 11 is 1.74. The van der Waals surface area contributed by atoms with E-state index in [4.69, 9.17) is 4.98 Å². The summed E-state index contributed by atoms with van der Waals surface area (Å²) in [6.07, 6.45) is 0. The first-order valence-corrected chi connectivity index (χ1v) is 13.5. The zero-order valence-corrected chi connectivity index (χ0v) is 21.6. The topological polar surface area (TPSA) is 24.9 Å². The summed E-state index contributed by atoms with van der Waals surface area (Å²) in [7, 11) is 0. The molecule has 0 spiro atoms. The number of thiazole rings is 1. The number of anilines is 2. The predicted molar refractivity (Wildman–Crippen MR) is 158 cm³/mol. The van der Waals surface area contributed by atoms with E-state index in [-0.39, 0.29) is 5.41 Å². The van der Waals surface area contributed by atoms with Gasteiger partial charge in [0.05, 0.1) is 10.2 Å². The Labute approximate surface area is 221 Å². The van der Waals surface area contributed by atoms with Crippen LogP contribution < -0.4 is 5.32 Å². The number of aromatic nitrogens is 1. The Morgan fingerprint density at radius 2 is 1.35 bits per heavy atom. The van der Waals surface area contributed by atoms with Gasteiger partial charge in [-0.3, -0.25) is 0 Å². The average molecular weight is 495 g/mol. The van der Waals surface area contributed by atoms with Crippen molar-refractivity contribution in [2.24, 2.45) is 0 Å². The van der Waals surface area contributed by atoms with Crippen LogP contribution in [0, 0.1) is 0 Å². The smallest absolute Gasteiger partial charge is 0.124 e. The second-order valence-electron chi connectivity index (χ2n) is 10.2. The Hall–Kier alpha value is -4.21. The van der Waals surface area contributed by atoms with Crippen LogP contribution in [-0.2, 0) is 5.41 Å². The lowest BCUT2D eigenvalue weighted by Gasteiger charge is -2.25. The Kier molecular flexibility index (Phi) is 5.02. The Morgan fingerprint density at radius 1 is 0.622 bits per heavy atom. The predicted octanol–water partition coefficient (Wildman–Crippen LogP) is 9.68. The fraction of sp³-hybridized carbons (Fsp3) is 0.0882. The molecule has 1 heterocycles. The molecule has 7 rings (SSSR count). The van der Waals surface area contributed by atoms with E-state index in [0.717, 1.165) is 27.5 Å². The van der Waals surface area contributed by atoms with Crippen LogP contribution >= 0.6 is 11.3 Å². The van der Waals surface area contributed by atoms with E-state index in [1.807, 2.05) is 6.07 Å². The number of hydrogen-bond acceptors (Lipinski definition) is 3. The van der Waals surface area contributed by atoms with Gasteiger partial charge in [-0.25, -0.2) is 4.98 Å². The number of rotatable bonds is 4. The highest BCUT2D eigenvalue weighted by Crippen LogP contribution is 2.52. The van der Waals surface area contributed by atoms with Gasteiger partial charge >= 0.3 is 0 Å². The maximum absolute atomic E-state index is 4.80. The highest BCUT2D eigenvalue weighted by molar-refractivity contribution is 7.21. The van der Waals surface area contributed by atoms with Gasteiger partial charge in [0.25, 0.3) is 0 Å². The third-order valence-electron chi connectivity index (χ3n) is 7.47. The molecule has 1 aromatic heterocycles. The second kappa shape index (κ2) is 8.43. The molecule has 0 radical (unpaired) electrons. The fourth-order valence-electron chi connectivity index (χ4n) is 5.68. The van der Waals surface area contributed by atoms with Crippen LogP contribution in [0.15, 0.2) is 115 Å². The molecule has 3 heteroatoms. The molecule has 0 aliphatic heterocycles. The minimum atomic E-state index is -0.0918. The first-order valence-electron chi connectivity index (χ1n) is 12.6. The van der Waals surface area contributed by atoms with Crippen LogP contribution in [0.25, 0.3) is 43.0 Å². The van der Waals surface area contributed by atoms with Crippen LogP contribution in [0.1, 0.15) is 25.0 Å². The Bertz CT molecular complexity index is 1730. The minimum absolute atomic E-state index is 0.0918. The van der Waals surface area contributed by atoms with E-state index in [1.165, 1.54) is 38.1 Å². The van der Waals surface area contributed by atoms with Crippen molar-refractivity contribution in [3.63, 3.8) is 0 Å². The van der Waals surface area contributed by atoms with Crippen molar-refractivity contribution in [2.75, 3.05) is 5.32 Å². The van der Waals surface area contributed by atoms with E-state index >= 15 is 0 Å². The fourth-order valence-corrected chi connectivity index (χ4v) is 6.65. The van der Waals surface area contributed by atoms with Crippen molar-refractivity contribution in [1.82, 2.24) is 4.98 Å². The third kappa shape index (κ3) is 3.66. The molecular formula is C34H26N2S. The molecule has 0 bridgehead atoms. The van der Waals surface area contributed by atoms with Gasteiger partial charge in [-0.2, -0.15) is 0 Å². The highest BCUT2D eigenvalue weighted by atomic mass is 32.1. The largest absolute Gasteiger partial charge is 0.356 e. The number of nitrogens with one attached hydrogen (secondary N) is 1. The van der Waals surface area contributed by atoms with Crippen LogP contribution in [0.5, 0.6) is 0 Å². The Morgan fingerprint density at radius 3 is 2.16 bits per heavy atom. The van der Waals surface area contributed by atoms with Crippen LogP contribution in [0.2, 0.25) is 0 Å². The summed E-state index contributed by atoms with van der Waals surface area (Å²) in [6.45, 7) is 4.70. The zero-order valence-electron chi connectivity index (χ0n) is 20.8. The molecule has 0 amide bonds. The van der Waals surface area contributed by atoms with Crippen molar-refractivity contribution in [3.8, 4) is 32.8 Å². The summed E-state index contributed by atoms with van der Waals surface area (Å²) in [5, 5.41) is 4.69. The standard InChI is InChI=1S/C34H26N2S/c1-34(2)29-21-25(19-20-27(29)28-12-8-11-26(32(28)34)22-9-4-3-5-10-22)35-24-17-15-23(16-18-24)33-36-30-13-6-7-14-31(30)37-33/h3-21,35H,1-2H3. The van der Waals surface area contributed by atoms with Gasteiger partial charge in [-0.05, 0) is 81.9 Å². The number of para-hydroxylation sites is 1. The molecule has 5 aromatic carbocycles. The highest BCUT2D eigenvalue weighted by Gasteiger charge is 2.37. The summed E-state index contributed by atoms with van der Waals surface area (Å²) in [6, 6.07) is 41.1. The van der Waals surface area contributed by atoms with E-state index in [2.05, 4.69) is 128 Å². The maximum Gasteiger partial charge on any atom is 0.124 e. The zero-order chi connectivity index (χ0) is 25.0. The molecule has 1 N–H and O–H groups in total. The van der Waals surface area contributed by atoms with Crippen molar-refractivity contribution in [1.29, 1.82) is 0 Å². The van der Waals surface area contributed by atoms with E-state index < -0.39 is 0 Å².